The molecule has 5 rings (SSSR count). The van der Waals surface area contributed by atoms with Gasteiger partial charge in [-0.3, -0.25) is 9.69 Å². The number of benzene rings is 2. The molecule has 6 nitrogen and oxygen atoms in total. The summed E-state index contributed by atoms with van der Waals surface area (Å²) in [5.41, 5.74) is 2.58. The largest absolute Gasteiger partial charge is 0.478 e. The molecular formula is C22H20BrNO5S. The molecule has 1 unspecified atom stereocenters. The molecule has 2 aliphatic rings. The van der Waals surface area contributed by atoms with Gasteiger partial charge in [-0.1, -0.05) is 28.1 Å². The average molecular weight is 490 g/mol. The zero-order valence-electron chi connectivity index (χ0n) is 16.4. The molecule has 0 spiro atoms. The van der Waals surface area contributed by atoms with Gasteiger partial charge in [0.05, 0.1) is 28.0 Å². The molecule has 3 aromatic rings. The lowest BCUT2D eigenvalue weighted by molar-refractivity contribution is 0.0649. The first-order valence-corrected chi connectivity index (χ1v) is 12.4. The van der Waals surface area contributed by atoms with E-state index >= 15 is 0 Å². The maximum Gasteiger partial charge on any atom is 0.200 e. The zero-order chi connectivity index (χ0) is 21.0. The first-order chi connectivity index (χ1) is 14.3. The van der Waals surface area contributed by atoms with Crippen molar-refractivity contribution in [3.8, 4) is 16.9 Å². The minimum absolute atomic E-state index is 0.0757. The summed E-state index contributed by atoms with van der Waals surface area (Å²) in [6.07, 6.45) is 0.600. The van der Waals surface area contributed by atoms with Crippen LogP contribution in [0.3, 0.4) is 0 Å². The van der Waals surface area contributed by atoms with Crippen LogP contribution in [0, 0.1) is 6.92 Å². The van der Waals surface area contributed by atoms with Crippen molar-refractivity contribution in [2.24, 2.45) is 0 Å². The van der Waals surface area contributed by atoms with Crippen LogP contribution in [0.5, 0.6) is 5.75 Å². The Balaban J connectivity index is 1.60. The van der Waals surface area contributed by atoms with Crippen LogP contribution in [0.2, 0.25) is 0 Å². The van der Waals surface area contributed by atoms with Crippen molar-refractivity contribution in [3.63, 3.8) is 0 Å². The number of nitrogens with zero attached hydrogens (tertiary/aromatic N) is 1. The van der Waals surface area contributed by atoms with Gasteiger partial charge in [-0.25, -0.2) is 8.42 Å². The van der Waals surface area contributed by atoms with Crippen molar-refractivity contribution in [2.75, 3.05) is 18.2 Å². The topological polar surface area (TPSA) is 76.8 Å². The lowest BCUT2D eigenvalue weighted by Crippen LogP contribution is -2.41. The van der Waals surface area contributed by atoms with E-state index in [9.17, 15) is 13.2 Å². The Bertz CT molecular complexity index is 1310. The number of hydrogen-bond donors (Lipinski definition) is 0. The molecule has 0 amide bonds. The molecule has 0 N–H and O–H groups in total. The Hall–Kier alpha value is -2.16. The second-order valence-corrected chi connectivity index (χ2v) is 11.0. The van der Waals surface area contributed by atoms with Crippen LogP contribution in [0.4, 0.5) is 0 Å². The van der Waals surface area contributed by atoms with E-state index in [4.69, 9.17) is 9.15 Å². The summed E-state index contributed by atoms with van der Waals surface area (Å²) in [5, 5.41) is 0.502. The molecule has 1 aromatic heterocycles. The number of aryl methyl sites for hydroxylation is 1. The molecule has 1 atom stereocenters. The van der Waals surface area contributed by atoms with Crippen LogP contribution in [-0.2, 0) is 16.4 Å². The van der Waals surface area contributed by atoms with E-state index < -0.39 is 9.84 Å². The van der Waals surface area contributed by atoms with Gasteiger partial charge in [-0.2, -0.15) is 0 Å². The summed E-state index contributed by atoms with van der Waals surface area (Å²) >= 11 is 3.42. The molecule has 0 bridgehead atoms. The highest BCUT2D eigenvalue weighted by molar-refractivity contribution is 9.10. The van der Waals surface area contributed by atoms with Gasteiger partial charge in [0.2, 0.25) is 5.43 Å². The minimum atomic E-state index is -2.99. The summed E-state index contributed by atoms with van der Waals surface area (Å²) in [6, 6.07) is 11.0. The van der Waals surface area contributed by atoms with Crippen molar-refractivity contribution in [1.29, 1.82) is 0 Å². The highest BCUT2D eigenvalue weighted by atomic mass is 79.9. The molecule has 1 fully saturated rings. The Morgan fingerprint density at radius 3 is 2.60 bits per heavy atom. The second-order valence-electron chi connectivity index (χ2n) is 7.87. The molecule has 2 aliphatic heterocycles. The van der Waals surface area contributed by atoms with Gasteiger partial charge >= 0.3 is 0 Å². The molecular weight excluding hydrogens is 470 g/mol. The maximum atomic E-state index is 13.3. The maximum absolute atomic E-state index is 13.3. The normalized spacial score (nSPS) is 20.8. The number of hydrogen-bond acceptors (Lipinski definition) is 6. The monoisotopic (exact) mass is 489 g/mol. The molecule has 30 heavy (non-hydrogen) atoms. The summed E-state index contributed by atoms with van der Waals surface area (Å²) in [5.74, 6) is 1.58. The lowest BCUT2D eigenvalue weighted by Gasteiger charge is -2.33. The van der Waals surface area contributed by atoms with E-state index in [1.165, 1.54) is 0 Å². The Morgan fingerprint density at radius 2 is 1.90 bits per heavy atom. The third kappa shape index (κ3) is 3.36. The van der Waals surface area contributed by atoms with Crippen molar-refractivity contribution in [2.45, 2.75) is 25.9 Å². The van der Waals surface area contributed by atoms with Gasteiger partial charge in [0.1, 0.15) is 23.8 Å². The predicted molar refractivity (Wildman–Crippen MR) is 118 cm³/mol. The standard InChI is InChI=1S/C22H20BrNO5S/c1-13-20(14-2-4-15(23)5-3-14)21(25)17-6-7-19-18(22(17)29-13)10-24(12-28-19)16-8-9-30(26,27)11-16/h2-7,16H,8-12H2,1H3. The van der Waals surface area contributed by atoms with Crippen LogP contribution in [-0.4, -0.2) is 37.6 Å². The Kier molecular flexibility index (Phi) is 4.76. The molecule has 0 radical (unpaired) electrons. The molecule has 8 heteroatoms. The SMILES string of the molecule is Cc1oc2c3c(ccc2c(=O)c1-c1ccc(Br)cc1)OCN(C1CCS(=O)(=O)C1)C3. The minimum Gasteiger partial charge on any atom is -0.478 e. The fourth-order valence-corrected chi connectivity index (χ4v) is 6.36. The first-order valence-electron chi connectivity index (χ1n) is 9.75. The second kappa shape index (κ2) is 7.21. The van der Waals surface area contributed by atoms with Gasteiger partial charge in [-0.05, 0) is 43.2 Å². The van der Waals surface area contributed by atoms with Crippen LogP contribution in [0.25, 0.3) is 22.1 Å². The molecule has 1 saturated heterocycles. The molecule has 0 saturated carbocycles. The molecule has 3 heterocycles. The summed E-state index contributed by atoms with van der Waals surface area (Å²) in [7, 11) is -2.99. The van der Waals surface area contributed by atoms with Crippen molar-refractivity contribution >= 4 is 36.7 Å². The molecule has 0 aliphatic carbocycles. The van der Waals surface area contributed by atoms with E-state index in [1.54, 1.807) is 19.1 Å². The smallest absolute Gasteiger partial charge is 0.200 e. The Labute approximate surface area is 182 Å². The number of halogens is 1. The van der Waals surface area contributed by atoms with E-state index in [2.05, 4.69) is 15.9 Å². The predicted octanol–water partition coefficient (Wildman–Crippen LogP) is 3.87. The summed E-state index contributed by atoms with van der Waals surface area (Å²) < 4.78 is 36.8. The zero-order valence-corrected chi connectivity index (χ0v) is 18.8. The lowest BCUT2D eigenvalue weighted by atomic mass is 10.0. The van der Waals surface area contributed by atoms with Gasteiger partial charge in [0, 0.05) is 17.1 Å². The summed E-state index contributed by atoms with van der Waals surface area (Å²) in [4.78, 5) is 15.4. The van der Waals surface area contributed by atoms with E-state index in [0.29, 0.717) is 47.7 Å². The van der Waals surface area contributed by atoms with Crippen LogP contribution in [0.1, 0.15) is 17.7 Å². The average Bonchev–Trinajstić information content (AvgIpc) is 3.08. The number of fused-ring (bicyclic) bond motifs is 3. The quantitative estimate of drug-likeness (QED) is 0.543. The van der Waals surface area contributed by atoms with Gasteiger partial charge in [-0.15, -0.1) is 0 Å². The van der Waals surface area contributed by atoms with E-state index in [1.807, 2.05) is 29.2 Å². The van der Waals surface area contributed by atoms with Crippen LogP contribution < -0.4 is 10.2 Å². The van der Waals surface area contributed by atoms with Crippen LogP contribution in [0.15, 0.2) is 50.1 Å². The van der Waals surface area contributed by atoms with Crippen molar-refractivity contribution < 1.29 is 17.6 Å². The first kappa shape index (κ1) is 19.8. The number of sulfone groups is 1. The highest BCUT2D eigenvalue weighted by Gasteiger charge is 2.35. The fourth-order valence-electron chi connectivity index (χ4n) is 4.34. The fraction of sp³-hybridized carbons (Fsp3) is 0.318. The van der Waals surface area contributed by atoms with E-state index in [-0.39, 0.29) is 23.0 Å². The Morgan fingerprint density at radius 1 is 1.13 bits per heavy atom. The third-order valence-corrected chi connectivity index (χ3v) is 8.18. The van der Waals surface area contributed by atoms with E-state index in [0.717, 1.165) is 15.6 Å². The van der Waals surface area contributed by atoms with Crippen molar-refractivity contribution in [1.82, 2.24) is 4.90 Å². The number of ether oxygens (including phenoxy) is 1. The highest BCUT2D eigenvalue weighted by Crippen LogP contribution is 2.35. The van der Waals surface area contributed by atoms with Gasteiger partial charge in [0.15, 0.2) is 9.84 Å². The van der Waals surface area contributed by atoms with Gasteiger partial charge in [0.25, 0.3) is 0 Å². The van der Waals surface area contributed by atoms with Crippen LogP contribution >= 0.6 is 15.9 Å². The third-order valence-electron chi connectivity index (χ3n) is 5.90. The summed E-state index contributed by atoms with van der Waals surface area (Å²) in [6.45, 7) is 2.62. The van der Waals surface area contributed by atoms with Gasteiger partial charge < -0.3 is 9.15 Å². The number of rotatable bonds is 2. The van der Waals surface area contributed by atoms with Crippen molar-refractivity contribution in [3.05, 3.63) is 62.4 Å². The molecule has 2 aromatic carbocycles. The molecule has 156 valence electrons.